The Labute approximate surface area is 112 Å². The Kier molecular flexibility index (Phi) is 6.54. The lowest BCUT2D eigenvalue weighted by atomic mass is 10.2. The molecule has 0 radical (unpaired) electrons. The molecule has 18 heavy (non-hydrogen) atoms. The lowest BCUT2D eigenvalue weighted by Gasteiger charge is -2.13. The van der Waals surface area contributed by atoms with E-state index in [0.29, 0.717) is 48.2 Å². The van der Waals surface area contributed by atoms with Gasteiger partial charge in [-0.25, -0.2) is 0 Å². The number of aldehydes is 1. The zero-order chi connectivity index (χ0) is 13.4. The SMILES string of the molecule is CCCOCCOc1c(Cl)cc(C=O)cc1OC. The van der Waals surface area contributed by atoms with E-state index in [1.54, 1.807) is 12.1 Å². The molecule has 0 heterocycles. The summed E-state index contributed by atoms with van der Waals surface area (Å²) in [6, 6.07) is 3.13. The first-order chi connectivity index (χ1) is 8.72. The Hall–Kier alpha value is -1.26. The Morgan fingerprint density at radius 2 is 2.06 bits per heavy atom. The zero-order valence-corrected chi connectivity index (χ0v) is 11.3. The number of hydrogen-bond acceptors (Lipinski definition) is 4. The lowest BCUT2D eigenvalue weighted by Crippen LogP contribution is -2.08. The highest BCUT2D eigenvalue weighted by Crippen LogP contribution is 2.35. The fourth-order valence-corrected chi connectivity index (χ4v) is 1.67. The third kappa shape index (κ3) is 4.20. The van der Waals surface area contributed by atoms with E-state index in [2.05, 4.69) is 0 Å². The van der Waals surface area contributed by atoms with Crippen molar-refractivity contribution < 1.29 is 19.0 Å². The smallest absolute Gasteiger partial charge is 0.179 e. The minimum Gasteiger partial charge on any atom is -0.493 e. The minimum absolute atomic E-state index is 0.354. The van der Waals surface area contributed by atoms with Crippen LogP contribution < -0.4 is 9.47 Å². The summed E-state index contributed by atoms with van der Waals surface area (Å²) < 4.78 is 15.9. The number of hydrogen-bond donors (Lipinski definition) is 0. The molecule has 0 atom stereocenters. The average Bonchev–Trinajstić information content (AvgIpc) is 2.39. The van der Waals surface area contributed by atoms with Gasteiger partial charge in [0.05, 0.1) is 18.7 Å². The van der Waals surface area contributed by atoms with Crippen molar-refractivity contribution in [1.29, 1.82) is 0 Å². The van der Waals surface area contributed by atoms with E-state index in [0.717, 1.165) is 6.42 Å². The van der Waals surface area contributed by atoms with Crippen LogP contribution in [0.5, 0.6) is 11.5 Å². The van der Waals surface area contributed by atoms with Crippen LogP contribution in [0.2, 0.25) is 5.02 Å². The summed E-state index contributed by atoms with van der Waals surface area (Å²) in [4.78, 5) is 10.7. The van der Waals surface area contributed by atoms with Crippen molar-refractivity contribution in [3.8, 4) is 11.5 Å². The number of carbonyl (C=O) groups is 1. The molecule has 0 aromatic heterocycles. The van der Waals surface area contributed by atoms with E-state index in [9.17, 15) is 4.79 Å². The first-order valence-corrected chi connectivity index (χ1v) is 6.14. The van der Waals surface area contributed by atoms with Gasteiger partial charge in [0, 0.05) is 12.2 Å². The number of methoxy groups -OCH3 is 1. The van der Waals surface area contributed by atoms with Crippen molar-refractivity contribution in [2.75, 3.05) is 26.9 Å². The van der Waals surface area contributed by atoms with Gasteiger partial charge in [-0.2, -0.15) is 0 Å². The molecule has 0 aliphatic carbocycles. The molecule has 0 N–H and O–H groups in total. The van der Waals surface area contributed by atoms with Gasteiger partial charge in [-0.15, -0.1) is 0 Å². The summed E-state index contributed by atoms with van der Waals surface area (Å²) in [5.74, 6) is 0.880. The largest absolute Gasteiger partial charge is 0.493 e. The molecule has 100 valence electrons. The second kappa shape index (κ2) is 7.95. The van der Waals surface area contributed by atoms with Crippen molar-refractivity contribution >= 4 is 17.9 Å². The van der Waals surface area contributed by atoms with Gasteiger partial charge in [0.2, 0.25) is 0 Å². The summed E-state index contributed by atoms with van der Waals surface area (Å²) >= 11 is 6.03. The molecule has 0 unspecified atom stereocenters. The predicted molar refractivity (Wildman–Crippen MR) is 70.0 cm³/mol. The molecule has 0 fully saturated rings. The summed E-state index contributed by atoms with van der Waals surface area (Å²) in [5.41, 5.74) is 0.450. The van der Waals surface area contributed by atoms with Crippen molar-refractivity contribution in [3.63, 3.8) is 0 Å². The van der Waals surface area contributed by atoms with Gasteiger partial charge in [0.1, 0.15) is 12.9 Å². The Bertz CT molecular complexity index is 393. The van der Waals surface area contributed by atoms with Gasteiger partial charge >= 0.3 is 0 Å². The van der Waals surface area contributed by atoms with Gasteiger partial charge in [-0.1, -0.05) is 18.5 Å². The first kappa shape index (κ1) is 14.8. The van der Waals surface area contributed by atoms with Crippen LogP contribution in [-0.4, -0.2) is 33.2 Å². The Balaban J connectivity index is 2.66. The maximum atomic E-state index is 10.7. The fraction of sp³-hybridized carbons (Fsp3) is 0.462. The second-order valence-electron chi connectivity index (χ2n) is 3.61. The van der Waals surface area contributed by atoms with Crippen molar-refractivity contribution in [2.45, 2.75) is 13.3 Å². The molecule has 0 aliphatic heterocycles. The highest BCUT2D eigenvalue weighted by atomic mass is 35.5. The number of benzene rings is 1. The lowest BCUT2D eigenvalue weighted by molar-refractivity contribution is 0.0995. The standard InChI is InChI=1S/C13H17ClO4/c1-3-4-17-5-6-18-13-11(14)7-10(9-15)8-12(13)16-2/h7-9H,3-6H2,1-2H3. The van der Waals surface area contributed by atoms with Crippen LogP contribution in [0.25, 0.3) is 0 Å². The maximum Gasteiger partial charge on any atom is 0.179 e. The average molecular weight is 273 g/mol. The topological polar surface area (TPSA) is 44.8 Å². The molecule has 0 amide bonds. The van der Waals surface area contributed by atoms with Crippen LogP contribution in [-0.2, 0) is 4.74 Å². The molecule has 0 saturated carbocycles. The first-order valence-electron chi connectivity index (χ1n) is 5.76. The van der Waals surface area contributed by atoms with Crippen LogP contribution in [0.15, 0.2) is 12.1 Å². The Morgan fingerprint density at radius 1 is 1.28 bits per heavy atom. The molecule has 5 heteroatoms. The van der Waals surface area contributed by atoms with Gasteiger partial charge in [-0.3, -0.25) is 4.79 Å². The highest BCUT2D eigenvalue weighted by Gasteiger charge is 2.11. The van der Waals surface area contributed by atoms with Gasteiger partial charge in [0.15, 0.2) is 11.5 Å². The van der Waals surface area contributed by atoms with Crippen LogP contribution in [0.3, 0.4) is 0 Å². The fourth-order valence-electron chi connectivity index (χ4n) is 1.40. The van der Waals surface area contributed by atoms with Gasteiger partial charge in [-0.05, 0) is 18.6 Å². The number of ether oxygens (including phenoxy) is 3. The number of halogens is 1. The van der Waals surface area contributed by atoms with Crippen molar-refractivity contribution in [1.82, 2.24) is 0 Å². The molecule has 0 aliphatic rings. The Morgan fingerprint density at radius 3 is 2.67 bits per heavy atom. The third-order valence-corrected chi connectivity index (χ3v) is 2.49. The monoisotopic (exact) mass is 272 g/mol. The minimum atomic E-state index is 0.354. The van der Waals surface area contributed by atoms with E-state index < -0.39 is 0 Å². The van der Waals surface area contributed by atoms with Crippen LogP contribution in [0, 0.1) is 0 Å². The van der Waals surface area contributed by atoms with Crippen molar-refractivity contribution in [3.05, 3.63) is 22.7 Å². The van der Waals surface area contributed by atoms with Crippen LogP contribution in [0.1, 0.15) is 23.7 Å². The van der Waals surface area contributed by atoms with Crippen LogP contribution >= 0.6 is 11.6 Å². The summed E-state index contributed by atoms with van der Waals surface area (Å²) in [6.45, 7) is 3.62. The molecule has 1 rings (SSSR count). The van der Waals surface area contributed by atoms with E-state index in [-0.39, 0.29) is 0 Å². The highest BCUT2D eigenvalue weighted by molar-refractivity contribution is 6.32. The summed E-state index contributed by atoms with van der Waals surface area (Å²) in [5, 5.41) is 0.354. The van der Waals surface area contributed by atoms with E-state index in [1.807, 2.05) is 6.92 Å². The van der Waals surface area contributed by atoms with E-state index >= 15 is 0 Å². The quantitative estimate of drug-likeness (QED) is 0.539. The molecule has 0 saturated heterocycles. The third-order valence-electron chi connectivity index (χ3n) is 2.21. The van der Waals surface area contributed by atoms with Gasteiger partial charge in [0.25, 0.3) is 0 Å². The number of carbonyl (C=O) groups excluding carboxylic acids is 1. The summed E-state index contributed by atoms with van der Waals surface area (Å²) in [7, 11) is 1.50. The molecule has 0 bridgehead atoms. The van der Waals surface area contributed by atoms with E-state index in [4.69, 9.17) is 25.8 Å². The van der Waals surface area contributed by atoms with Crippen LogP contribution in [0.4, 0.5) is 0 Å². The molecule has 0 spiro atoms. The second-order valence-corrected chi connectivity index (χ2v) is 4.02. The zero-order valence-electron chi connectivity index (χ0n) is 10.6. The van der Waals surface area contributed by atoms with E-state index in [1.165, 1.54) is 7.11 Å². The van der Waals surface area contributed by atoms with Crippen molar-refractivity contribution in [2.24, 2.45) is 0 Å². The molecule has 1 aromatic rings. The predicted octanol–water partition coefficient (Wildman–Crippen LogP) is 2.97. The number of rotatable bonds is 8. The maximum absolute atomic E-state index is 10.7. The van der Waals surface area contributed by atoms with Gasteiger partial charge < -0.3 is 14.2 Å². The molecular formula is C13H17ClO4. The molecule has 4 nitrogen and oxygen atoms in total. The summed E-state index contributed by atoms with van der Waals surface area (Å²) in [6.07, 6.45) is 1.68. The molecule has 1 aromatic carbocycles. The normalized spacial score (nSPS) is 10.2. The molecular weight excluding hydrogens is 256 g/mol.